The minimum Gasteiger partial charge on any atom is -0.497 e. The molecule has 35 heavy (non-hydrogen) atoms. The summed E-state index contributed by atoms with van der Waals surface area (Å²) < 4.78 is 10.8. The van der Waals surface area contributed by atoms with Crippen LogP contribution in [0.2, 0.25) is 0 Å². The molecule has 0 unspecified atom stereocenters. The Kier molecular flexibility index (Phi) is 7.94. The molecule has 0 radical (unpaired) electrons. The van der Waals surface area contributed by atoms with Crippen LogP contribution >= 0.6 is 11.8 Å². The second kappa shape index (κ2) is 11.1. The van der Waals surface area contributed by atoms with Crippen LogP contribution < -0.4 is 20.7 Å². The monoisotopic (exact) mass is 498 g/mol. The minimum absolute atomic E-state index is 0.00937. The summed E-state index contributed by atoms with van der Waals surface area (Å²) in [4.78, 5) is 40.0. The highest BCUT2D eigenvalue weighted by Crippen LogP contribution is 2.28. The molecule has 2 saturated heterocycles. The van der Waals surface area contributed by atoms with Crippen molar-refractivity contribution in [3.05, 3.63) is 59.7 Å². The number of hydrogen-bond donors (Lipinski definition) is 3. The van der Waals surface area contributed by atoms with Crippen LogP contribution in [0.4, 0.5) is 4.79 Å². The molecule has 2 aromatic carbocycles. The van der Waals surface area contributed by atoms with Crippen molar-refractivity contribution in [3.8, 4) is 5.75 Å². The number of amides is 4. The molecule has 0 spiro atoms. The summed E-state index contributed by atoms with van der Waals surface area (Å²) in [5.41, 5.74) is 0.592. The van der Waals surface area contributed by atoms with Gasteiger partial charge in [0.1, 0.15) is 11.3 Å². The molecule has 2 fully saturated rings. The van der Waals surface area contributed by atoms with Gasteiger partial charge in [0.15, 0.2) is 0 Å². The van der Waals surface area contributed by atoms with E-state index in [1.165, 1.54) is 11.8 Å². The smallest absolute Gasteiger partial charge is 0.322 e. The fourth-order valence-electron chi connectivity index (χ4n) is 4.14. The van der Waals surface area contributed by atoms with Crippen molar-refractivity contribution in [1.29, 1.82) is 0 Å². The number of imide groups is 1. The zero-order valence-electron chi connectivity index (χ0n) is 19.8. The van der Waals surface area contributed by atoms with Crippen molar-refractivity contribution in [3.63, 3.8) is 0 Å². The molecule has 186 valence electrons. The zero-order chi connectivity index (χ0) is 24.8. The zero-order valence-corrected chi connectivity index (χ0v) is 20.7. The number of carbonyl (C=O) groups excluding carboxylic acids is 3. The Morgan fingerprint density at radius 2 is 1.89 bits per heavy atom. The van der Waals surface area contributed by atoms with Crippen LogP contribution in [-0.4, -0.2) is 74.0 Å². The number of carbonyl (C=O) groups is 3. The summed E-state index contributed by atoms with van der Waals surface area (Å²) >= 11 is 1.36. The van der Waals surface area contributed by atoms with E-state index in [-0.39, 0.29) is 17.9 Å². The van der Waals surface area contributed by atoms with Crippen molar-refractivity contribution < 1.29 is 23.9 Å². The van der Waals surface area contributed by atoms with Crippen molar-refractivity contribution in [2.24, 2.45) is 0 Å². The Hall–Kier alpha value is -3.08. The maximum Gasteiger partial charge on any atom is 0.322 e. The Morgan fingerprint density at radius 3 is 2.54 bits per heavy atom. The van der Waals surface area contributed by atoms with Gasteiger partial charge in [-0.15, -0.1) is 11.8 Å². The Bertz CT molecular complexity index is 1070. The normalized spacial score (nSPS) is 21.2. The highest BCUT2D eigenvalue weighted by Gasteiger charge is 2.42. The molecule has 2 aliphatic heterocycles. The lowest BCUT2D eigenvalue weighted by Gasteiger charge is -2.35. The second-order valence-corrected chi connectivity index (χ2v) is 9.69. The second-order valence-electron chi connectivity index (χ2n) is 8.67. The fraction of sp³-hybridized carbons (Fsp3) is 0.400. The third-order valence-electron chi connectivity index (χ3n) is 6.21. The molecule has 2 aromatic rings. The van der Waals surface area contributed by atoms with Gasteiger partial charge in [-0.05, 0) is 36.8 Å². The van der Waals surface area contributed by atoms with E-state index in [1.807, 2.05) is 42.5 Å². The van der Waals surface area contributed by atoms with Crippen LogP contribution in [0.25, 0.3) is 0 Å². The van der Waals surface area contributed by atoms with Crippen LogP contribution in [0.1, 0.15) is 28.9 Å². The predicted molar refractivity (Wildman–Crippen MR) is 133 cm³/mol. The van der Waals surface area contributed by atoms with E-state index in [0.29, 0.717) is 31.1 Å². The Balaban J connectivity index is 1.45. The van der Waals surface area contributed by atoms with E-state index in [9.17, 15) is 14.4 Å². The van der Waals surface area contributed by atoms with Gasteiger partial charge in [0, 0.05) is 30.3 Å². The van der Waals surface area contributed by atoms with Crippen LogP contribution in [0.15, 0.2) is 53.4 Å². The summed E-state index contributed by atoms with van der Waals surface area (Å²) in [6.07, 6.45) is 0. The van der Waals surface area contributed by atoms with E-state index in [2.05, 4.69) is 20.9 Å². The summed E-state index contributed by atoms with van der Waals surface area (Å²) in [6, 6.07) is 14.7. The van der Waals surface area contributed by atoms with Gasteiger partial charge in [-0.3, -0.25) is 19.8 Å². The quantitative estimate of drug-likeness (QED) is 0.359. The molecular formula is C25H30N4O5S. The van der Waals surface area contributed by atoms with E-state index in [1.54, 1.807) is 20.1 Å². The molecule has 0 saturated carbocycles. The summed E-state index contributed by atoms with van der Waals surface area (Å²) in [5.74, 6) is 0.525. The molecule has 0 aliphatic carbocycles. The van der Waals surface area contributed by atoms with E-state index in [0.717, 1.165) is 29.3 Å². The first-order chi connectivity index (χ1) is 16.9. The Morgan fingerprint density at radius 1 is 1.17 bits per heavy atom. The number of methoxy groups -OCH3 is 1. The van der Waals surface area contributed by atoms with Gasteiger partial charge in [0.2, 0.25) is 0 Å². The third-order valence-corrected chi connectivity index (χ3v) is 7.60. The first-order valence-corrected chi connectivity index (χ1v) is 12.5. The molecule has 0 aromatic heterocycles. The van der Waals surface area contributed by atoms with Gasteiger partial charge in [-0.25, -0.2) is 4.79 Å². The lowest BCUT2D eigenvalue weighted by atomic mass is 10.0. The van der Waals surface area contributed by atoms with Crippen LogP contribution in [-0.2, 0) is 9.53 Å². The molecule has 4 amide bonds. The number of urea groups is 1. The lowest BCUT2D eigenvalue weighted by molar-refractivity contribution is -0.122. The first-order valence-electron chi connectivity index (χ1n) is 11.5. The first kappa shape index (κ1) is 25.0. The van der Waals surface area contributed by atoms with Gasteiger partial charge < -0.3 is 20.1 Å². The number of nitrogens with zero attached hydrogens (tertiary/aromatic N) is 1. The predicted octanol–water partition coefficient (Wildman–Crippen LogP) is 2.19. The van der Waals surface area contributed by atoms with Crippen LogP contribution in [0.3, 0.4) is 0 Å². The highest BCUT2D eigenvalue weighted by atomic mass is 32.2. The number of thioether (sulfide) groups is 1. The lowest BCUT2D eigenvalue weighted by Crippen LogP contribution is -2.46. The summed E-state index contributed by atoms with van der Waals surface area (Å²) in [7, 11) is 1.64. The van der Waals surface area contributed by atoms with Gasteiger partial charge in [0.25, 0.3) is 11.8 Å². The minimum atomic E-state index is -1.03. The fourth-order valence-corrected chi connectivity index (χ4v) is 5.28. The van der Waals surface area contributed by atoms with E-state index >= 15 is 0 Å². The largest absolute Gasteiger partial charge is 0.497 e. The van der Waals surface area contributed by atoms with Crippen molar-refractivity contribution >= 4 is 29.6 Å². The molecule has 2 aliphatic rings. The number of morpholine rings is 1. The molecule has 0 bridgehead atoms. The number of ether oxygens (including phenoxy) is 2. The number of nitrogens with one attached hydrogen (secondary N) is 3. The highest BCUT2D eigenvalue weighted by molar-refractivity contribution is 7.99. The molecule has 9 nitrogen and oxygen atoms in total. The molecule has 2 heterocycles. The average Bonchev–Trinajstić information content (AvgIpc) is 3.15. The van der Waals surface area contributed by atoms with Gasteiger partial charge in [0.05, 0.1) is 31.9 Å². The maximum absolute atomic E-state index is 13.2. The Labute approximate surface area is 208 Å². The number of benzene rings is 2. The topological polar surface area (TPSA) is 109 Å². The molecule has 2 atom stereocenters. The van der Waals surface area contributed by atoms with Crippen LogP contribution in [0, 0.1) is 0 Å². The van der Waals surface area contributed by atoms with Gasteiger partial charge in [-0.1, -0.05) is 24.3 Å². The number of rotatable bonds is 9. The molecule has 10 heteroatoms. The molecule has 4 rings (SSSR count). The van der Waals surface area contributed by atoms with Crippen molar-refractivity contribution in [2.45, 2.75) is 23.4 Å². The van der Waals surface area contributed by atoms with Crippen molar-refractivity contribution in [1.82, 2.24) is 20.9 Å². The van der Waals surface area contributed by atoms with Crippen molar-refractivity contribution in [2.75, 3.05) is 45.7 Å². The summed E-state index contributed by atoms with van der Waals surface area (Å²) in [6.45, 7) is 4.98. The third kappa shape index (κ3) is 5.95. The SMILES string of the molecule is COc1ccc([C@@H](CNC(=O)c2ccccc2SC[C@]2(C)NC(=O)NC2=O)N2CCOCC2)cc1. The van der Waals surface area contributed by atoms with E-state index < -0.39 is 11.6 Å². The average molecular weight is 499 g/mol. The van der Waals surface area contributed by atoms with Crippen LogP contribution in [0.5, 0.6) is 5.75 Å². The molecular weight excluding hydrogens is 468 g/mol. The number of hydrogen-bond acceptors (Lipinski definition) is 7. The standard InChI is InChI=1S/C25H30N4O5S/c1-25(23(31)27-24(32)28-25)16-35-21-6-4-3-5-19(21)22(30)26-15-20(29-11-13-34-14-12-29)17-7-9-18(33-2)10-8-17/h3-10,20H,11-16H2,1-2H3,(H,26,30)(H2,27,28,31,32)/t20-,25+/m1/s1. The van der Waals surface area contributed by atoms with Gasteiger partial charge >= 0.3 is 6.03 Å². The molecule has 3 N–H and O–H groups in total. The van der Waals surface area contributed by atoms with Gasteiger partial charge in [-0.2, -0.15) is 0 Å². The summed E-state index contributed by atoms with van der Waals surface area (Å²) in [5, 5.41) is 8.02. The maximum atomic E-state index is 13.2. The van der Waals surface area contributed by atoms with E-state index in [4.69, 9.17) is 9.47 Å².